The Balaban J connectivity index is 1.42. The van der Waals surface area contributed by atoms with Crippen molar-refractivity contribution in [1.82, 2.24) is 0 Å². The Hall–Kier alpha value is -0.860. The standard InChI is InChI=1S/C24H39FO2/c1-3-5-17-6-8-18(9-7-17)20-12-15-22(23(25)16-20)19-10-13-21(14-11-19)27-24(26)4-2/h4,17-23H,2-3,5-16H2,1H3. The van der Waals surface area contributed by atoms with E-state index in [1.54, 1.807) is 0 Å². The van der Waals surface area contributed by atoms with E-state index in [1.165, 1.54) is 51.0 Å². The summed E-state index contributed by atoms with van der Waals surface area (Å²) in [6.07, 6.45) is 15.7. The molecule has 3 heteroatoms. The van der Waals surface area contributed by atoms with Crippen LogP contribution in [0, 0.1) is 29.6 Å². The minimum Gasteiger partial charge on any atom is -0.459 e. The summed E-state index contributed by atoms with van der Waals surface area (Å²) in [4.78, 5) is 11.4. The normalized spacial score (nSPS) is 40.3. The average molecular weight is 379 g/mol. The van der Waals surface area contributed by atoms with Gasteiger partial charge in [-0.3, -0.25) is 0 Å². The average Bonchev–Trinajstić information content (AvgIpc) is 2.69. The molecule has 3 fully saturated rings. The Morgan fingerprint density at radius 1 is 0.963 bits per heavy atom. The molecule has 3 rings (SSSR count). The molecule has 0 aromatic heterocycles. The second-order valence-electron chi connectivity index (χ2n) is 9.50. The van der Waals surface area contributed by atoms with Gasteiger partial charge in [-0.2, -0.15) is 0 Å². The number of rotatable bonds is 6. The first-order valence-electron chi connectivity index (χ1n) is 11.6. The van der Waals surface area contributed by atoms with Crippen LogP contribution in [-0.2, 0) is 9.53 Å². The summed E-state index contributed by atoms with van der Waals surface area (Å²) in [7, 11) is 0. The number of halogens is 1. The highest BCUT2D eigenvalue weighted by atomic mass is 19.1. The molecule has 3 atom stereocenters. The van der Waals surface area contributed by atoms with Crippen LogP contribution in [-0.4, -0.2) is 18.2 Å². The third-order valence-electron chi connectivity index (χ3n) is 7.89. The summed E-state index contributed by atoms with van der Waals surface area (Å²) in [5.74, 6) is 2.76. The Morgan fingerprint density at radius 2 is 1.59 bits per heavy atom. The van der Waals surface area contributed by atoms with E-state index in [-0.39, 0.29) is 18.0 Å². The van der Waals surface area contributed by atoms with E-state index in [1.807, 2.05) is 0 Å². The summed E-state index contributed by atoms with van der Waals surface area (Å²) < 4.78 is 20.5. The molecule has 3 saturated carbocycles. The smallest absolute Gasteiger partial charge is 0.330 e. The van der Waals surface area contributed by atoms with Crippen LogP contribution in [0.4, 0.5) is 4.39 Å². The number of hydrogen-bond acceptors (Lipinski definition) is 2. The molecule has 2 nitrogen and oxygen atoms in total. The van der Waals surface area contributed by atoms with Gasteiger partial charge in [0.2, 0.25) is 0 Å². The van der Waals surface area contributed by atoms with Gasteiger partial charge in [0.15, 0.2) is 0 Å². The molecule has 3 aliphatic rings. The molecule has 0 N–H and O–H groups in total. The fraction of sp³-hybridized carbons (Fsp3) is 0.875. The summed E-state index contributed by atoms with van der Waals surface area (Å²) >= 11 is 0. The number of carbonyl (C=O) groups is 1. The van der Waals surface area contributed by atoms with Crippen LogP contribution in [0.1, 0.15) is 90.4 Å². The predicted molar refractivity (Wildman–Crippen MR) is 108 cm³/mol. The van der Waals surface area contributed by atoms with Crippen molar-refractivity contribution < 1.29 is 13.9 Å². The summed E-state index contributed by atoms with van der Waals surface area (Å²) in [5.41, 5.74) is 0. The molecular formula is C24H39FO2. The Kier molecular flexibility index (Phi) is 7.78. The third kappa shape index (κ3) is 5.57. The molecule has 0 radical (unpaired) electrons. The molecule has 3 aliphatic carbocycles. The van der Waals surface area contributed by atoms with Crippen LogP contribution in [0.3, 0.4) is 0 Å². The number of carbonyl (C=O) groups excluding carboxylic acids is 1. The van der Waals surface area contributed by atoms with Gasteiger partial charge < -0.3 is 4.74 Å². The number of hydrogen-bond donors (Lipinski definition) is 0. The summed E-state index contributed by atoms with van der Waals surface area (Å²) in [6.45, 7) is 5.75. The molecule has 0 aromatic carbocycles. The maximum absolute atomic E-state index is 15.1. The molecule has 0 saturated heterocycles. The Bertz CT molecular complexity index is 475. The van der Waals surface area contributed by atoms with E-state index >= 15 is 4.39 Å². The van der Waals surface area contributed by atoms with Crippen LogP contribution in [0.15, 0.2) is 12.7 Å². The van der Waals surface area contributed by atoms with Crippen LogP contribution >= 0.6 is 0 Å². The molecular weight excluding hydrogens is 339 g/mol. The van der Waals surface area contributed by atoms with E-state index in [4.69, 9.17) is 4.74 Å². The fourth-order valence-electron chi connectivity index (χ4n) is 6.33. The zero-order valence-corrected chi connectivity index (χ0v) is 17.2. The first-order chi connectivity index (χ1) is 13.1. The molecule has 0 aliphatic heterocycles. The molecule has 154 valence electrons. The van der Waals surface area contributed by atoms with Crippen LogP contribution < -0.4 is 0 Å². The molecule has 0 heterocycles. The number of esters is 1. The molecule has 0 spiro atoms. The lowest BCUT2D eigenvalue weighted by Gasteiger charge is -2.43. The Morgan fingerprint density at radius 3 is 2.19 bits per heavy atom. The quantitative estimate of drug-likeness (QED) is 0.383. The van der Waals surface area contributed by atoms with Gasteiger partial charge in [-0.15, -0.1) is 0 Å². The van der Waals surface area contributed by atoms with Crippen molar-refractivity contribution in [2.75, 3.05) is 0 Å². The van der Waals surface area contributed by atoms with Crippen molar-refractivity contribution in [3.05, 3.63) is 12.7 Å². The molecule has 0 amide bonds. The van der Waals surface area contributed by atoms with Gasteiger partial charge in [0.25, 0.3) is 0 Å². The van der Waals surface area contributed by atoms with Gasteiger partial charge >= 0.3 is 5.97 Å². The second kappa shape index (κ2) is 10.1. The summed E-state index contributed by atoms with van der Waals surface area (Å²) in [6, 6.07) is 0. The van der Waals surface area contributed by atoms with Gasteiger partial charge in [-0.25, -0.2) is 9.18 Å². The SMILES string of the molecule is C=CC(=O)OC1CCC(C2CCC(C3CCC(CCC)CC3)CC2F)CC1. The zero-order valence-electron chi connectivity index (χ0n) is 17.2. The van der Waals surface area contributed by atoms with E-state index in [2.05, 4.69) is 13.5 Å². The maximum atomic E-state index is 15.1. The van der Waals surface area contributed by atoms with Crippen LogP contribution in [0.5, 0.6) is 0 Å². The largest absolute Gasteiger partial charge is 0.459 e. The van der Waals surface area contributed by atoms with E-state index < -0.39 is 6.17 Å². The molecule has 3 unspecified atom stereocenters. The van der Waals surface area contributed by atoms with Crippen LogP contribution in [0.2, 0.25) is 0 Å². The number of ether oxygens (including phenoxy) is 1. The van der Waals surface area contributed by atoms with Gasteiger partial charge in [0.1, 0.15) is 12.3 Å². The minimum atomic E-state index is -0.616. The van der Waals surface area contributed by atoms with Crippen molar-refractivity contribution in [3.8, 4) is 0 Å². The lowest BCUT2D eigenvalue weighted by molar-refractivity contribution is -0.145. The molecule has 0 bridgehead atoms. The lowest BCUT2D eigenvalue weighted by atomic mass is 9.64. The highest BCUT2D eigenvalue weighted by molar-refractivity contribution is 5.81. The number of alkyl halides is 1. The topological polar surface area (TPSA) is 26.3 Å². The van der Waals surface area contributed by atoms with E-state index in [0.717, 1.165) is 50.4 Å². The van der Waals surface area contributed by atoms with E-state index in [0.29, 0.717) is 11.8 Å². The van der Waals surface area contributed by atoms with Crippen molar-refractivity contribution in [1.29, 1.82) is 0 Å². The lowest BCUT2D eigenvalue weighted by Crippen LogP contribution is -2.37. The minimum absolute atomic E-state index is 0.0134. The van der Waals surface area contributed by atoms with Crippen molar-refractivity contribution in [2.45, 2.75) is 103 Å². The Labute approximate surface area is 165 Å². The van der Waals surface area contributed by atoms with Crippen molar-refractivity contribution in [2.24, 2.45) is 29.6 Å². The van der Waals surface area contributed by atoms with Crippen LogP contribution in [0.25, 0.3) is 0 Å². The third-order valence-corrected chi connectivity index (χ3v) is 7.89. The highest BCUT2D eigenvalue weighted by Gasteiger charge is 2.40. The monoisotopic (exact) mass is 378 g/mol. The van der Waals surface area contributed by atoms with Gasteiger partial charge in [-0.1, -0.05) is 39.2 Å². The van der Waals surface area contributed by atoms with Gasteiger partial charge in [0, 0.05) is 6.08 Å². The molecule has 0 aromatic rings. The first-order valence-corrected chi connectivity index (χ1v) is 11.6. The predicted octanol–water partition coefficient (Wildman–Crippen LogP) is 6.64. The maximum Gasteiger partial charge on any atom is 0.330 e. The van der Waals surface area contributed by atoms with Gasteiger partial charge in [0.05, 0.1) is 0 Å². The van der Waals surface area contributed by atoms with E-state index in [9.17, 15) is 4.79 Å². The van der Waals surface area contributed by atoms with Crippen molar-refractivity contribution >= 4 is 5.97 Å². The molecule has 27 heavy (non-hydrogen) atoms. The summed E-state index contributed by atoms with van der Waals surface area (Å²) in [5, 5.41) is 0. The highest BCUT2D eigenvalue weighted by Crippen LogP contribution is 2.47. The fourth-order valence-corrected chi connectivity index (χ4v) is 6.33. The second-order valence-corrected chi connectivity index (χ2v) is 9.50. The zero-order chi connectivity index (χ0) is 19.2. The van der Waals surface area contributed by atoms with Crippen molar-refractivity contribution in [3.63, 3.8) is 0 Å². The van der Waals surface area contributed by atoms with Gasteiger partial charge in [-0.05, 0) is 87.4 Å². The first kappa shape index (κ1) is 20.9.